The smallest absolute Gasteiger partial charge is 0.187 e. The summed E-state index contributed by atoms with van der Waals surface area (Å²) in [6, 6.07) is 12.8. The van der Waals surface area contributed by atoms with E-state index in [1.54, 1.807) is 37.5 Å². The molecule has 31 heavy (non-hydrogen) atoms. The Labute approximate surface area is 183 Å². The van der Waals surface area contributed by atoms with Crippen LogP contribution in [0.25, 0.3) is 5.70 Å². The van der Waals surface area contributed by atoms with Gasteiger partial charge in [-0.3, -0.25) is 4.79 Å². The minimum atomic E-state index is -0.205. The summed E-state index contributed by atoms with van der Waals surface area (Å²) in [6.07, 6.45) is 7.27. The van der Waals surface area contributed by atoms with Crippen molar-refractivity contribution >= 4 is 11.5 Å². The van der Waals surface area contributed by atoms with E-state index in [2.05, 4.69) is 31.3 Å². The molecule has 0 saturated heterocycles. The molecule has 1 saturated carbocycles. The molecule has 1 N–H and O–H groups in total. The number of nitrogens with zero attached hydrogens (tertiary/aromatic N) is 1. The maximum Gasteiger partial charge on any atom is 0.187 e. The summed E-state index contributed by atoms with van der Waals surface area (Å²) in [5.74, 6) is 1.35. The van der Waals surface area contributed by atoms with Crippen LogP contribution < -0.4 is 14.8 Å². The molecule has 4 rings (SSSR count). The van der Waals surface area contributed by atoms with Crippen LogP contribution >= 0.6 is 0 Å². The number of ketones is 1. The van der Waals surface area contributed by atoms with Crippen molar-refractivity contribution in [3.05, 3.63) is 64.7 Å². The molecule has 1 heterocycles. The second kappa shape index (κ2) is 8.47. The monoisotopic (exact) mass is 416 g/mol. The van der Waals surface area contributed by atoms with E-state index < -0.39 is 0 Å². The van der Waals surface area contributed by atoms with Crippen LogP contribution in [0, 0.1) is 11.3 Å². The number of hydrogen-bond acceptors (Lipinski definition) is 5. The number of allylic oxidation sites excluding steroid dienone is 1. The predicted molar refractivity (Wildman–Crippen MR) is 120 cm³/mol. The standard InChI is InChI=1S/C26H28N2O3/c1-26(2)15-19-12-25(31-20-6-4-5-7-20)24(30-3)13-21(19)22(28-26)14-23(29)18-10-8-17(16-27)9-11-18/h8-14,20,28H,4-7,15H2,1-3H3/b22-14-. The van der Waals surface area contributed by atoms with Crippen molar-refractivity contribution < 1.29 is 14.3 Å². The van der Waals surface area contributed by atoms with Gasteiger partial charge in [-0.1, -0.05) is 0 Å². The van der Waals surface area contributed by atoms with Crippen LogP contribution in [0.1, 0.15) is 66.6 Å². The van der Waals surface area contributed by atoms with E-state index in [4.69, 9.17) is 14.7 Å². The molecule has 0 atom stereocenters. The quantitative estimate of drug-likeness (QED) is 0.546. The van der Waals surface area contributed by atoms with Gasteiger partial charge in [0.2, 0.25) is 0 Å². The zero-order valence-electron chi connectivity index (χ0n) is 18.3. The molecular weight excluding hydrogens is 388 g/mol. The van der Waals surface area contributed by atoms with Crippen molar-refractivity contribution in [2.45, 2.75) is 57.6 Å². The predicted octanol–water partition coefficient (Wildman–Crippen LogP) is 5.04. The van der Waals surface area contributed by atoms with Crippen molar-refractivity contribution in [3.63, 3.8) is 0 Å². The van der Waals surface area contributed by atoms with Crippen LogP contribution in [0.4, 0.5) is 0 Å². The molecule has 160 valence electrons. The highest BCUT2D eigenvalue weighted by Gasteiger charge is 2.30. The largest absolute Gasteiger partial charge is 0.493 e. The molecule has 0 radical (unpaired) electrons. The van der Waals surface area contributed by atoms with Crippen LogP contribution in [-0.2, 0) is 6.42 Å². The molecule has 0 aromatic heterocycles. The summed E-state index contributed by atoms with van der Waals surface area (Å²) in [5.41, 5.74) is 3.74. The second-order valence-electron chi connectivity index (χ2n) is 8.98. The van der Waals surface area contributed by atoms with Gasteiger partial charge in [0.15, 0.2) is 17.3 Å². The summed E-state index contributed by atoms with van der Waals surface area (Å²) >= 11 is 0. The van der Waals surface area contributed by atoms with Gasteiger partial charge in [-0.25, -0.2) is 0 Å². The second-order valence-corrected chi connectivity index (χ2v) is 8.98. The SMILES string of the molecule is COc1cc2c(cc1OC1CCCC1)CC(C)(C)N/C2=C\C(=O)c1ccc(C#N)cc1. The number of nitrogens with one attached hydrogen (secondary N) is 1. The maximum absolute atomic E-state index is 12.9. The number of benzene rings is 2. The van der Waals surface area contributed by atoms with Gasteiger partial charge in [-0.05, 0) is 87.9 Å². The molecule has 5 nitrogen and oxygen atoms in total. The third kappa shape index (κ3) is 4.59. The molecule has 0 amide bonds. The molecule has 1 aliphatic heterocycles. The van der Waals surface area contributed by atoms with E-state index in [0.717, 1.165) is 41.8 Å². The zero-order chi connectivity index (χ0) is 22.0. The summed E-state index contributed by atoms with van der Waals surface area (Å²) in [5, 5.41) is 12.5. The summed E-state index contributed by atoms with van der Waals surface area (Å²) in [7, 11) is 1.65. The molecule has 1 aliphatic carbocycles. The molecule has 0 bridgehead atoms. The fraction of sp³-hybridized carbons (Fsp3) is 0.385. The minimum absolute atomic E-state index is 0.110. The van der Waals surface area contributed by atoms with E-state index in [0.29, 0.717) is 16.9 Å². The maximum atomic E-state index is 12.9. The fourth-order valence-corrected chi connectivity index (χ4v) is 4.43. The molecule has 2 aromatic rings. The first kappa shape index (κ1) is 21.0. The van der Waals surface area contributed by atoms with Crippen LogP contribution in [0.2, 0.25) is 0 Å². The van der Waals surface area contributed by atoms with Crippen LogP contribution in [0.15, 0.2) is 42.5 Å². The van der Waals surface area contributed by atoms with Crippen LogP contribution in [0.5, 0.6) is 11.5 Å². The number of carbonyl (C=O) groups is 1. The van der Waals surface area contributed by atoms with Gasteiger partial charge in [0, 0.05) is 28.4 Å². The third-order valence-corrected chi connectivity index (χ3v) is 5.95. The zero-order valence-corrected chi connectivity index (χ0v) is 18.3. The Balaban J connectivity index is 1.70. The molecule has 2 aliphatic rings. The lowest BCUT2D eigenvalue weighted by molar-refractivity contribution is 0.104. The first-order valence-electron chi connectivity index (χ1n) is 10.8. The van der Waals surface area contributed by atoms with Gasteiger partial charge >= 0.3 is 0 Å². The highest BCUT2D eigenvalue weighted by atomic mass is 16.5. The number of rotatable bonds is 5. The Bertz CT molecular complexity index is 1060. The van der Waals surface area contributed by atoms with E-state index in [9.17, 15) is 4.79 Å². The minimum Gasteiger partial charge on any atom is -0.493 e. The van der Waals surface area contributed by atoms with Crippen LogP contribution in [-0.4, -0.2) is 24.5 Å². The molecule has 0 spiro atoms. The lowest BCUT2D eigenvalue weighted by Crippen LogP contribution is -2.43. The van der Waals surface area contributed by atoms with E-state index in [1.807, 2.05) is 6.07 Å². The molecule has 0 unspecified atom stereocenters. The topological polar surface area (TPSA) is 71.3 Å². The number of carbonyl (C=O) groups excluding carboxylic acids is 1. The van der Waals surface area contributed by atoms with E-state index in [1.165, 1.54) is 12.8 Å². The van der Waals surface area contributed by atoms with Gasteiger partial charge in [0.1, 0.15) is 0 Å². The highest BCUT2D eigenvalue weighted by molar-refractivity contribution is 6.08. The number of hydrogen-bond donors (Lipinski definition) is 1. The molecule has 5 heteroatoms. The van der Waals surface area contributed by atoms with Gasteiger partial charge in [-0.15, -0.1) is 0 Å². The van der Waals surface area contributed by atoms with Gasteiger partial charge < -0.3 is 14.8 Å². The Kier molecular flexibility index (Phi) is 5.73. The number of ether oxygens (including phenoxy) is 2. The Morgan fingerprint density at radius 3 is 2.52 bits per heavy atom. The third-order valence-electron chi connectivity index (χ3n) is 5.95. The van der Waals surface area contributed by atoms with Gasteiger partial charge in [-0.2, -0.15) is 5.26 Å². The lowest BCUT2D eigenvalue weighted by Gasteiger charge is -2.36. The normalized spacial score (nSPS) is 18.7. The molecule has 2 aromatic carbocycles. The number of methoxy groups -OCH3 is 1. The van der Waals surface area contributed by atoms with Crippen molar-refractivity contribution in [2.75, 3.05) is 7.11 Å². The Hall–Kier alpha value is -3.26. The van der Waals surface area contributed by atoms with Crippen molar-refractivity contribution in [2.24, 2.45) is 0 Å². The number of nitriles is 1. The fourth-order valence-electron chi connectivity index (χ4n) is 4.43. The Morgan fingerprint density at radius 1 is 1.16 bits per heavy atom. The molecular formula is C26H28N2O3. The number of fused-ring (bicyclic) bond motifs is 1. The van der Waals surface area contributed by atoms with E-state index >= 15 is 0 Å². The van der Waals surface area contributed by atoms with Crippen LogP contribution in [0.3, 0.4) is 0 Å². The summed E-state index contributed by atoms with van der Waals surface area (Å²) < 4.78 is 11.9. The average molecular weight is 417 g/mol. The van der Waals surface area contributed by atoms with E-state index in [-0.39, 0.29) is 17.4 Å². The van der Waals surface area contributed by atoms with Gasteiger partial charge in [0.25, 0.3) is 0 Å². The summed E-state index contributed by atoms with van der Waals surface area (Å²) in [4.78, 5) is 12.9. The Morgan fingerprint density at radius 2 is 1.87 bits per heavy atom. The first-order chi connectivity index (χ1) is 14.9. The molecule has 1 fully saturated rings. The van der Waals surface area contributed by atoms with Crippen molar-refractivity contribution in [1.29, 1.82) is 5.26 Å². The van der Waals surface area contributed by atoms with Crippen molar-refractivity contribution in [1.82, 2.24) is 5.32 Å². The average Bonchev–Trinajstić information content (AvgIpc) is 3.25. The van der Waals surface area contributed by atoms with Gasteiger partial charge in [0.05, 0.1) is 24.8 Å². The summed E-state index contributed by atoms with van der Waals surface area (Å²) in [6.45, 7) is 4.25. The highest BCUT2D eigenvalue weighted by Crippen LogP contribution is 2.39. The lowest BCUT2D eigenvalue weighted by atomic mass is 9.85. The first-order valence-corrected chi connectivity index (χ1v) is 10.8. The van der Waals surface area contributed by atoms with Crippen molar-refractivity contribution in [3.8, 4) is 17.6 Å².